The summed E-state index contributed by atoms with van der Waals surface area (Å²) < 4.78 is 10.3. The predicted molar refractivity (Wildman–Crippen MR) is 98.8 cm³/mol. The minimum Gasteiger partial charge on any atom is -0.459 e. The van der Waals surface area contributed by atoms with Gasteiger partial charge in [0.05, 0.1) is 11.8 Å². The predicted octanol–water partition coefficient (Wildman–Crippen LogP) is 3.96. The number of rotatable bonds is 6. The molecule has 6 nitrogen and oxygen atoms in total. The molecule has 1 N–H and O–H groups in total. The number of ketones is 1. The molecule has 6 heteroatoms. The second-order valence-electron chi connectivity index (χ2n) is 5.79. The van der Waals surface area contributed by atoms with Gasteiger partial charge in [-0.15, -0.1) is 0 Å². The van der Waals surface area contributed by atoms with E-state index in [1.54, 1.807) is 54.6 Å². The van der Waals surface area contributed by atoms with E-state index >= 15 is 0 Å². The largest absolute Gasteiger partial charge is 0.459 e. The molecule has 0 radical (unpaired) electrons. The van der Waals surface area contributed by atoms with Crippen LogP contribution in [-0.4, -0.2) is 23.8 Å². The number of hydrogen-bond acceptors (Lipinski definition) is 5. The van der Waals surface area contributed by atoms with E-state index in [-0.39, 0.29) is 17.1 Å². The van der Waals surface area contributed by atoms with Crippen molar-refractivity contribution in [2.75, 3.05) is 5.32 Å². The lowest BCUT2D eigenvalue weighted by Gasteiger charge is -2.12. The normalized spacial score (nSPS) is 11.4. The highest BCUT2D eigenvalue weighted by Crippen LogP contribution is 2.14. The SMILES string of the molecule is C[C@@H](OC(=O)c1ccc(NC(=O)c2ccco2)cc1)C(=O)c1ccccc1. The van der Waals surface area contributed by atoms with Gasteiger partial charge in [0.2, 0.25) is 5.78 Å². The van der Waals surface area contributed by atoms with Gasteiger partial charge in [0.1, 0.15) is 0 Å². The van der Waals surface area contributed by atoms with Crippen molar-refractivity contribution >= 4 is 23.3 Å². The summed E-state index contributed by atoms with van der Waals surface area (Å²) in [4.78, 5) is 36.4. The summed E-state index contributed by atoms with van der Waals surface area (Å²) in [6.45, 7) is 1.53. The van der Waals surface area contributed by atoms with E-state index in [1.807, 2.05) is 0 Å². The molecule has 0 bridgehead atoms. The van der Waals surface area contributed by atoms with Crippen molar-refractivity contribution in [1.29, 1.82) is 0 Å². The van der Waals surface area contributed by atoms with Crippen LogP contribution in [0.1, 0.15) is 38.2 Å². The Morgan fingerprint density at radius 1 is 0.889 bits per heavy atom. The summed E-state index contributed by atoms with van der Waals surface area (Å²) in [7, 11) is 0. The van der Waals surface area contributed by atoms with E-state index in [9.17, 15) is 14.4 Å². The van der Waals surface area contributed by atoms with Crippen LogP contribution in [0.4, 0.5) is 5.69 Å². The Labute approximate surface area is 155 Å². The third kappa shape index (κ3) is 4.49. The number of furan rings is 1. The van der Waals surface area contributed by atoms with Crippen LogP contribution >= 0.6 is 0 Å². The van der Waals surface area contributed by atoms with Crippen LogP contribution in [0.5, 0.6) is 0 Å². The molecule has 0 aliphatic rings. The van der Waals surface area contributed by atoms with Gasteiger partial charge in [-0.3, -0.25) is 9.59 Å². The fourth-order valence-corrected chi connectivity index (χ4v) is 2.41. The van der Waals surface area contributed by atoms with Crippen molar-refractivity contribution in [2.24, 2.45) is 0 Å². The van der Waals surface area contributed by atoms with Crippen LogP contribution in [-0.2, 0) is 4.74 Å². The first-order valence-corrected chi connectivity index (χ1v) is 8.30. The topological polar surface area (TPSA) is 85.6 Å². The van der Waals surface area contributed by atoms with Crippen LogP contribution in [0.2, 0.25) is 0 Å². The van der Waals surface area contributed by atoms with Gasteiger partial charge in [-0.2, -0.15) is 0 Å². The van der Waals surface area contributed by atoms with Crippen LogP contribution in [0.25, 0.3) is 0 Å². The van der Waals surface area contributed by atoms with Gasteiger partial charge in [-0.1, -0.05) is 30.3 Å². The van der Waals surface area contributed by atoms with Crippen molar-refractivity contribution in [3.8, 4) is 0 Å². The smallest absolute Gasteiger partial charge is 0.338 e. The zero-order valence-corrected chi connectivity index (χ0v) is 14.5. The average Bonchev–Trinajstić information content (AvgIpc) is 3.23. The van der Waals surface area contributed by atoms with Gasteiger partial charge in [-0.05, 0) is 43.3 Å². The molecule has 1 heterocycles. The molecular weight excluding hydrogens is 346 g/mol. The van der Waals surface area contributed by atoms with Gasteiger partial charge in [0.25, 0.3) is 5.91 Å². The maximum Gasteiger partial charge on any atom is 0.338 e. The molecule has 1 aromatic heterocycles. The Bertz CT molecular complexity index is 930. The molecule has 136 valence electrons. The van der Waals surface area contributed by atoms with E-state index in [2.05, 4.69) is 5.32 Å². The monoisotopic (exact) mass is 363 g/mol. The summed E-state index contributed by atoms with van der Waals surface area (Å²) in [6, 6.07) is 18.0. The van der Waals surface area contributed by atoms with Gasteiger partial charge in [-0.25, -0.2) is 4.79 Å². The molecule has 2 aromatic carbocycles. The van der Waals surface area contributed by atoms with Crippen molar-refractivity contribution in [3.63, 3.8) is 0 Å². The number of benzene rings is 2. The Morgan fingerprint density at radius 3 is 2.22 bits per heavy atom. The molecular formula is C21H17NO5. The number of amides is 1. The summed E-state index contributed by atoms with van der Waals surface area (Å²) in [6.07, 6.45) is 0.504. The van der Waals surface area contributed by atoms with Gasteiger partial charge in [0, 0.05) is 11.3 Å². The van der Waals surface area contributed by atoms with Crippen LogP contribution in [0, 0.1) is 0 Å². The van der Waals surface area contributed by atoms with E-state index in [0.29, 0.717) is 11.3 Å². The average molecular weight is 363 g/mol. The number of anilines is 1. The number of esters is 1. The van der Waals surface area contributed by atoms with Crippen molar-refractivity contribution in [2.45, 2.75) is 13.0 Å². The standard InChI is InChI=1S/C21H17NO5/c1-14(19(23)15-6-3-2-4-7-15)27-21(25)16-9-11-17(12-10-16)22-20(24)18-8-5-13-26-18/h2-14H,1H3,(H,22,24)/t14-/m1/s1. The number of carbonyl (C=O) groups excluding carboxylic acids is 3. The van der Waals surface area contributed by atoms with Crippen molar-refractivity contribution < 1.29 is 23.5 Å². The zero-order valence-electron chi connectivity index (χ0n) is 14.5. The number of nitrogens with one attached hydrogen (secondary N) is 1. The molecule has 0 saturated heterocycles. The minimum atomic E-state index is -0.904. The third-order valence-electron chi connectivity index (χ3n) is 3.83. The number of hydrogen-bond donors (Lipinski definition) is 1. The molecule has 0 unspecified atom stereocenters. The summed E-state index contributed by atoms with van der Waals surface area (Å²) in [5.74, 6) is -1.09. The highest BCUT2D eigenvalue weighted by atomic mass is 16.5. The molecule has 0 fully saturated rings. The number of carbonyl (C=O) groups is 3. The Balaban J connectivity index is 1.60. The number of Topliss-reactive ketones (excluding diaryl/α,β-unsaturated/α-hetero) is 1. The Kier molecular flexibility index (Phi) is 5.47. The maximum atomic E-state index is 12.3. The zero-order chi connectivity index (χ0) is 19.2. The molecule has 0 saturated carbocycles. The third-order valence-corrected chi connectivity index (χ3v) is 3.83. The highest BCUT2D eigenvalue weighted by molar-refractivity contribution is 6.03. The lowest BCUT2D eigenvalue weighted by molar-refractivity contribution is 0.0319. The van der Waals surface area contributed by atoms with E-state index in [1.165, 1.54) is 25.3 Å². The number of ether oxygens (including phenoxy) is 1. The lowest BCUT2D eigenvalue weighted by Crippen LogP contribution is -2.24. The minimum absolute atomic E-state index is 0.187. The highest BCUT2D eigenvalue weighted by Gasteiger charge is 2.20. The quantitative estimate of drug-likeness (QED) is 0.529. The molecule has 3 aromatic rings. The van der Waals surface area contributed by atoms with Gasteiger partial charge in [0.15, 0.2) is 11.9 Å². The molecule has 1 amide bonds. The van der Waals surface area contributed by atoms with Crippen molar-refractivity contribution in [1.82, 2.24) is 0 Å². The first-order chi connectivity index (χ1) is 13.0. The Morgan fingerprint density at radius 2 is 1.59 bits per heavy atom. The second kappa shape index (κ2) is 8.14. The van der Waals surface area contributed by atoms with Crippen LogP contribution < -0.4 is 5.32 Å². The molecule has 0 spiro atoms. The molecule has 27 heavy (non-hydrogen) atoms. The van der Waals surface area contributed by atoms with Gasteiger partial charge >= 0.3 is 5.97 Å². The maximum absolute atomic E-state index is 12.3. The molecule has 0 aliphatic carbocycles. The fraction of sp³-hybridized carbons (Fsp3) is 0.0952. The van der Waals surface area contributed by atoms with E-state index < -0.39 is 18.0 Å². The second-order valence-corrected chi connectivity index (χ2v) is 5.79. The fourth-order valence-electron chi connectivity index (χ4n) is 2.41. The molecule has 3 rings (SSSR count). The van der Waals surface area contributed by atoms with Gasteiger partial charge < -0.3 is 14.5 Å². The summed E-state index contributed by atoms with van der Waals surface area (Å²) >= 11 is 0. The van der Waals surface area contributed by atoms with E-state index in [0.717, 1.165) is 0 Å². The van der Waals surface area contributed by atoms with Crippen LogP contribution in [0.15, 0.2) is 77.4 Å². The Hall–Kier alpha value is -3.67. The lowest BCUT2D eigenvalue weighted by atomic mass is 10.1. The first kappa shape index (κ1) is 18.1. The molecule has 1 atom stereocenters. The van der Waals surface area contributed by atoms with Crippen LogP contribution in [0.3, 0.4) is 0 Å². The first-order valence-electron chi connectivity index (χ1n) is 8.30. The summed E-state index contributed by atoms with van der Waals surface area (Å²) in [5.41, 5.74) is 1.26. The van der Waals surface area contributed by atoms with E-state index in [4.69, 9.17) is 9.15 Å². The summed E-state index contributed by atoms with van der Waals surface area (Å²) in [5, 5.41) is 2.65. The molecule has 0 aliphatic heterocycles. The van der Waals surface area contributed by atoms with Crippen molar-refractivity contribution in [3.05, 3.63) is 89.9 Å².